The van der Waals surface area contributed by atoms with Crippen molar-refractivity contribution in [3.05, 3.63) is 65.7 Å². The van der Waals surface area contributed by atoms with Crippen molar-refractivity contribution in [3.63, 3.8) is 0 Å². The Morgan fingerprint density at radius 3 is 2.23 bits per heavy atom. The molecule has 0 radical (unpaired) electrons. The van der Waals surface area contributed by atoms with Crippen molar-refractivity contribution in [2.24, 2.45) is 0 Å². The standard InChI is InChI=1S/C20H25NO5/c22-12-17-19(24)20(25)18(23)11-21(17)10-14-6-8-16(9-7-14)26-13-15-4-2-1-3-5-15/h1-9,17-20,22-25H,10-13H2/t17-,18-,19?,20?/m0/s1. The third kappa shape index (κ3) is 4.41. The Labute approximate surface area is 152 Å². The number of rotatable bonds is 6. The molecule has 6 heteroatoms. The van der Waals surface area contributed by atoms with Crippen LogP contribution < -0.4 is 4.74 Å². The molecule has 2 aromatic carbocycles. The molecule has 2 aromatic rings. The number of aliphatic hydroxyl groups is 4. The Hall–Kier alpha value is -1.96. The second-order valence-electron chi connectivity index (χ2n) is 6.65. The van der Waals surface area contributed by atoms with Gasteiger partial charge in [0.2, 0.25) is 0 Å². The largest absolute Gasteiger partial charge is 0.489 e. The van der Waals surface area contributed by atoms with E-state index in [-0.39, 0.29) is 13.2 Å². The molecule has 3 rings (SSSR count). The molecule has 4 N–H and O–H groups in total. The molecule has 2 unspecified atom stereocenters. The minimum atomic E-state index is -1.24. The van der Waals surface area contributed by atoms with Gasteiger partial charge in [0.05, 0.1) is 18.8 Å². The fourth-order valence-corrected chi connectivity index (χ4v) is 3.23. The van der Waals surface area contributed by atoms with E-state index in [4.69, 9.17) is 4.74 Å². The topological polar surface area (TPSA) is 93.4 Å². The summed E-state index contributed by atoms with van der Waals surface area (Å²) in [6, 6.07) is 16.9. The summed E-state index contributed by atoms with van der Waals surface area (Å²) in [6.45, 7) is 0.846. The number of hydrogen-bond acceptors (Lipinski definition) is 6. The van der Waals surface area contributed by atoms with Crippen LogP contribution in [0.1, 0.15) is 11.1 Å². The first kappa shape index (κ1) is 18.8. The number of ether oxygens (including phenoxy) is 1. The SMILES string of the molecule is OC[C@H]1C(O)C(O)[C@@H](O)CN1Cc1ccc(OCc2ccccc2)cc1. The monoisotopic (exact) mass is 359 g/mol. The summed E-state index contributed by atoms with van der Waals surface area (Å²) in [5, 5.41) is 39.2. The van der Waals surface area contributed by atoms with E-state index in [1.165, 1.54) is 0 Å². The van der Waals surface area contributed by atoms with Crippen molar-refractivity contribution in [1.82, 2.24) is 4.90 Å². The van der Waals surface area contributed by atoms with E-state index in [9.17, 15) is 20.4 Å². The predicted octanol–water partition coefficient (Wildman–Crippen LogP) is 0.525. The van der Waals surface area contributed by atoms with E-state index in [0.29, 0.717) is 13.2 Å². The number of piperidine rings is 1. The quantitative estimate of drug-likeness (QED) is 0.601. The van der Waals surface area contributed by atoms with Gasteiger partial charge in [-0.25, -0.2) is 0 Å². The molecule has 1 heterocycles. The summed E-state index contributed by atoms with van der Waals surface area (Å²) in [4.78, 5) is 1.78. The fourth-order valence-electron chi connectivity index (χ4n) is 3.23. The molecule has 1 fully saturated rings. The first-order valence-corrected chi connectivity index (χ1v) is 8.73. The highest BCUT2D eigenvalue weighted by atomic mass is 16.5. The van der Waals surface area contributed by atoms with Crippen molar-refractivity contribution in [2.75, 3.05) is 13.2 Å². The predicted molar refractivity (Wildman–Crippen MR) is 96.5 cm³/mol. The maximum atomic E-state index is 10.0. The molecule has 1 aliphatic rings. The average molecular weight is 359 g/mol. The lowest BCUT2D eigenvalue weighted by molar-refractivity contribution is -0.147. The van der Waals surface area contributed by atoms with E-state index >= 15 is 0 Å². The first-order chi connectivity index (χ1) is 12.6. The molecular formula is C20H25NO5. The van der Waals surface area contributed by atoms with Gasteiger partial charge in [-0.3, -0.25) is 4.90 Å². The molecule has 1 saturated heterocycles. The van der Waals surface area contributed by atoms with Crippen LogP contribution in [0.2, 0.25) is 0 Å². The number of aliphatic hydroxyl groups excluding tert-OH is 4. The van der Waals surface area contributed by atoms with Gasteiger partial charge in [0.25, 0.3) is 0 Å². The van der Waals surface area contributed by atoms with Crippen LogP contribution in [0.3, 0.4) is 0 Å². The van der Waals surface area contributed by atoms with Crippen LogP contribution in [0.15, 0.2) is 54.6 Å². The van der Waals surface area contributed by atoms with Gasteiger partial charge < -0.3 is 25.2 Å². The molecule has 0 amide bonds. The highest BCUT2D eigenvalue weighted by Crippen LogP contribution is 2.22. The lowest BCUT2D eigenvalue weighted by Crippen LogP contribution is -2.62. The van der Waals surface area contributed by atoms with E-state index in [0.717, 1.165) is 16.9 Å². The lowest BCUT2D eigenvalue weighted by atomic mass is 9.94. The van der Waals surface area contributed by atoms with Crippen molar-refractivity contribution >= 4 is 0 Å². The van der Waals surface area contributed by atoms with Crippen molar-refractivity contribution in [1.29, 1.82) is 0 Å². The summed E-state index contributed by atoms with van der Waals surface area (Å²) in [5.41, 5.74) is 2.06. The van der Waals surface area contributed by atoms with Crippen LogP contribution in [0.5, 0.6) is 5.75 Å². The Bertz CT molecular complexity index is 678. The summed E-state index contributed by atoms with van der Waals surface area (Å²) in [5.74, 6) is 0.755. The maximum absolute atomic E-state index is 10.0. The maximum Gasteiger partial charge on any atom is 0.119 e. The molecular weight excluding hydrogens is 334 g/mol. The van der Waals surface area contributed by atoms with Crippen molar-refractivity contribution in [3.8, 4) is 5.75 Å². The molecule has 0 aliphatic carbocycles. The second kappa shape index (κ2) is 8.62. The van der Waals surface area contributed by atoms with E-state index < -0.39 is 24.4 Å². The molecule has 0 spiro atoms. The minimum absolute atomic E-state index is 0.190. The number of benzene rings is 2. The van der Waals surface area contributed by atoms with Gasteiger partial charge in [0, 0.05) is 13.1 Å². The van der Waals surface area contributed by atoms with E-state index in [1.54, 1.807) is 4.90 Å². The lowest BCUT2D eigenvalue weighted by Gasteiger charge is -2.43. The van der Waals surface area contributed by atoms with E-state index in [1.807, 2.05) is 54.6 Å². The zero-order valence-electron chi connectivity index (χ0n) is 14.5. The summed E-state index contributed by atoms with van der Waals surface area (Å²) < 4.78 is 5.76. The molecule has 6 nitrogen and oxygen atoms in total. The molecule has 26 heavy (non-hydrogen) atoms. The molecule has 0 aromatic heterocycles. The second-order valence-corrected chi connectivity index (χ2v) is 6.65. The van der Waals surface area contributed by atoms with Gasteiger partial charge in [0.15, 0.2) is 0 Å². The smallest absolute Gasteiger partial charge is 0.119 e. The number of likely N-dealkylation sites (tertiary alicyclic amines) is 1. The Kier molecular flexibility index (Phi) is 6.24. The third-order valence-corrected chi connectivity index (χ3v) is 4.77. The van der Waals surface area contributed by atoms with Gasteiger partial charge in [-0.05, 0) is 23.3 Å². The molecule has 0 bridgehead atoms. The van der Waals surface area contributed by atoms with Gasteiger partial charge in [-0.1, -0.05) is 42.5 Å². The Morgan fingerprint density at radius 2 is 1.58 bits per heavy atom. The average Bonchev–Trinajstić information content (AvgIpc) is 2.67. The fraction of sp³-hybridized carbons (Fsp3) is 0.400. The number of nitrogens with zero attached hydrogens (tertiary/aromatic N) is 1. The minimum Gasteiger partial charge on any atom is -0.489 e. The van der Waals surface area contributed by atoms with Crippen LogP contribution in [0, 0.1) is 0 Å². The summed E-state index contributed by atoms with van der Waals surface area (Å²) in [6.07, 6.45) is -3.46. The highest BCUT2D eigenvalue weighted by Gasteiger charge is 2.40. The first-order valence-electron chi connectivity index (χ1n) is 8.73. The Balaban J connectivity index is 1.59. The number of β-amino-alcohol motifs (C(OH)–C–C–N with tert-alkyl or cyclic N) is 1. The van der Waals surface area contributed by atoms with Gasteiger partial charge in [0.1, 0.15) is 24.6 Å². The van der Waals surface area contributed by atoms with Crippen LogP contribution in [0.25, 0.3) is 0 Å². The van der Waals surface area contributed by atoms with Crippen molar-refractivity contribution in [2.45, 2.75) is 37.5 Å². The van der Waals surface area contributed by atoms with Gasteiger partial charge in [-0.15, -0.1) is 0 Å². The van der Waals surface area contributed by atoms with Gasteiger partial charge >= 0.3 is 0 Å². The number of hydrogen-bond donors (Lipinski definition) is 4. The molecule has 140 valence electrons. The van der Waals surface area contributed by atoms with E-state index in [2.05, 4.69) is 0 Å². The zero-order valence-corrected chi connectivity index (χ0v) is 14.5. The van der Waals surface area contributed by atoms with Crippen LogP contribution in [-0.4, -0.2) is 62.8 Å². The normalized spacial score (nSPS) is 26.6. The molecule has 1 aliphatic heterocycles. The van der Waals surface area contributed by atoms with Gasteiger partial charge in [-0.2, -0.15) is 0 Å². The summed E-state index contributed by atoms with van der Waals surface area (Å²) in [7, 11) is 0. The van der Waals surface area contributed by atoms with Crippen LogP contribution in [-0.2, 0) is 13.2 Å². The van der Waals surface area contributed by atoms with Crippen LogP contribution >= 0.6 is 0 Å². The molecule has 4 atom stereocenters. The third-order valence-electron chi connectivity index (χ3n) is 4.77. The zero-order chi connectivity index (χ0) is 18.5. The summed E-state index contributed by atoms with van der Waals surface area (Å²) >= 11 is 0. The highest BCUT2D eigenvalue weighted by molar-refractivity contribution is 5.28. The van der Waals surface area contributed by atoms with Crippen molar-refractivity contribution < 1.29 is 25.2 Å². The Morgan fingerprint density at radius 1 is 0.885 bits per heavy atom. The molecule has 0 saturated carbocycles. The van der Waals surface area contributed by atoms with Crippen LogP contribution in [0.4, 0.5) is 0 Å².